The number of hydrogen-bond acceptors (Lipinski definition) is 1. The molecule has 27 heavy (non-hydrogen) atoms. The van der Waals surface area contributed by atoms with Gasteiger partial charge in [-0.3, -0.25) is 0 Å². The van der Waals surface area contributed by atoms with E-state index in [1.165, 1.54) is 135 Å². The second kappa shape index (κ2) is 24.0. The van der Waals surface area contributed by atoms with Crippen molar-refractivity contribution in [3.05, 3.63) is 0 Å². The molecule has 0 aromatic carbocycles. The molecule has 0 bridgehead atoms. The summed E-state index contributed by atoms with van der Waals surface area (Å²) in [5.41, 5.74) is 0. The topological polar surface area (TPSA) is 9.23 Å². The Morgan fingerprint density at radius 1 is 0.444 bits per heavy atom. The maximum atomic E-state index is 5.96. The second-order valence-corrected chi connectivity index (χ2v) is 8.83. The lowest BCUT2D eigenvalue weighted by Gasteiger charge is -2.13. The molecule has 0 aliphatic heterocycles. The zero-order valence-corrected chi connectivity index (χ0v) is 19.5. The Balaban J connectivity index is 3.10. The summed E-state index contributed by atoms with van der Waals surface area (Å²) in [6.45, 7) is 7.82. The van der Waals surface area contributed by atoms with Gasteiger partial charge in [-0.2, -0.15) is 0 Å². The fraction of sp³-hybridized carbons (Fsp3) is 1.00. The molecule has 0 amide bonds. The fourth-order valence-corrected chi connectivity index (χ4v) is 3.88. The zero-order chi connectivity index (χ0) is 19.8. The van der Waals surface area contributed by atoms with Crippen LogP contribution in [0.1, 0.15) is 156 Å². The molecule has 0 aromatic heterocycles. The largest absolute Gasteiger partial charge is 0.379 e. The van der Waals surface area contributed by atoms with Gasteiger partial charge in [-0.05, 0) is 19.8 Å². The van der Waals surface area contributed by atoms with E-state index in [-0.39, 0.29) is 0 Å². The van der Waals surface area contributed by atoms with Crippen molar-refractivity contribution in [2.75, 3.05) is 6.61 Å². The average Bonchev–Trinajstić information content (AvgIpc) is 2.67. The summed E-state index contributed by atoms with van der Waals surface area (Å²) in [6.07, 6.45) is 30.1. The van der Waals surface area contributed by atoms with Gasteiger partial charge in [-0.1, -0.05) is 136 Å². The van der Waals surface area contributed by atoms with E-state index in [2.05, 4.69) is 20.8 Å². The molecule has 0 aromatic rings. The first kappa shape index (κ1) is 27.0. The van der Waals surface area contributed by atoms with Gasteiger partial charge in [0.1, 0.15) is 0 Å². The minimum Gasteiger partial charge on any atom is -0.379 e. The maximum Gasteiger partial charge on any atom is 0.0547 e. The monoisotopic (exact) mass is 382 g/mol. The summed E-state index contributed by atoms with van der Waals surface area (Å²) in [6, 6.07) is 0. The quantitative estimate of drug-likeness (QED) is 0.160. The number of rotatable bonds is 23. The van der Waals surface area contributed by atoms with Gasteiger partial charge in [0.15, 0.2) is 0 Å². The Morgan fingerprint density at radius 3 is 1.19 bits per heavy atom. The number of hydrogen-bond donors (Lipinski definition) is 0. The van der Waals surface area contributed by atoms with Gasteiger partial charge in [-0.15, -0.1) is 0 Å². The van der Waals surface area contributed by atoms with Crippen LogP contribution in [0.4, 0.5) is 0 Å². The van der Waals surface area contributed by atoms with Gasteiger partial charge in [-0.25, -0.2) is 0 Å². The molecular formula is C26H54O. The smallest absolute Gasteiger partial charge is 0.0547 e. The van der Waals surface area contributed by atoms with Crippen molar-refractivity contribution in [2.24, 2.45) is 0 Å². The Morgan fingerprint density at radius 2 is 0.778 bits per heavy atom. The molecule has 0 radical (unpaired) electrons. The van der Waals surface area contributed by atoms with Crippen molar-refractivity contribution in [2.45, 2.75) is 162 Å². The van der Waals surface area contributed by atoms with Gasteiger partial charge in [0.2, 0.25) is 0 Å². The van der Waals surface area contributed by atoms with E-state index >= 15 is 0 Å². The molecule has 0 saturated carbocycles. The molecule has 0 saturated heterocycles. The molecule has 1 atom stereocenters. The van der Waals surface area contributed by atoms with E-state index in [1.807, 2.05) is 0 Å². The maximum absolute atomic E-state index is 5.96. The second-order valence-electron chi connectivity index (χ2n) is 8.83. The number of unbranched alkanes of at least 4 members (excludes halogenated alkanes) is 18. The number of ether oxygens (including phenoxy) is 1. The molecule has 1 unspecified atom stereocenters. The van der Waals surface area contributed by atoms with Crippen LogP contribution in [0.3, 0.4) is 0 Å². The Kier molecular flexibility index (Phi) is 24.0. The molecule has 0 rings (SSSR count). The van der Waals surface area contributed by atoms with E-state index in [0.29, 0.717) is 6.10 Å². The molecule has 1 nitrogen and oxygen atoms in total. The first-order valence-electron chi connectivity index (χ1n) is 12.9. The third-order valence-corrected chi connectivity index (χ3v) is 5.86. The van der Waals surface area contributed by atoms with Crippen molar-refractivity contribution in [3.63, 3.8) is 0 Å². The molecule has 0 spiro atoms. The SMILES string of the molecule is CCCCCCCCCCCCCCCCC(C)OCCCCCCCC. The normalized spacial score (nSPS) is 12.6. The summed E-state index contributed by atoms with van der Waals surface area (Å²) >= 11 is 0. The van der Waals surface area contributed by atoms with E-state index < -0.39 is 0 Å². The average molecular weight is 383 g/mol. The minimum absolute atomic E-state index is 0.470. The van der Waals surface area contributed by atoms with Crippen molar-refractivity contribution >= 4 is 0 Å². The molecule has 0 heterocycles. The lowest BCUT2D eigenvalue weighted by Crippen LogP contribution is -2.09. The van der Waals surface area contributed by atoms with Crippen molar-refractivity contribution in [1.82, 2.24) is 0 Å². The summed E-state index contributed by atoms with van der Waals surface area (Å²) in [4.78, 5) is 0. The Bertz CT molecular complexity index is 251. The van der Waals surface area contributed by atoms with E-state index in [0.717, 1.165) is 6.61 Å². The van der Waals surface area contributed by atoms with Crippen LogP contribution < -0.4 is 0 Å². The first-order chi connectivity index (χ1) is 13.3. The third kappa shape index (κ3) is 23.9. The molecule has 0 aliphatic rings. The van der Waals surface area contributed by atoms with Gasteiger partial charge in [0.05, 0.1) is 6.10 Å². The van der Waals surface area contributed by atoms with Crippen LogP contribution in [0.25, 0.3) is 0 Å². The highest BCUT2D eigenvalue weighted by molar-refractivity contribution is 4.54. The van der Waals surface area contributed by atoms with E-state index in [1.54, 1.807) is 0 Å². The van der Waals surface area contributed by atoms with Crippen molar-refractivity contribution < 1.29 is 4.74 Å². The van der Waals surface area contributed by atoms with Crippen molar-refractivity contribution in [1.29, 1.82) is 0 Å². The highest BCUT2D eigenvalue weighted by Crippen LogP contribution is 2.14. The van der Waals surface area contributed by atoms with Crippen molar-refractivity contribution in [3.8, 4) is 0 Å². The summed E-state index contributed by atoms with van der Waals surface area (Å²) in [5.74, 6) is 0. The lowest BCUT2D eigenvalue weighted by molar-refractivity contribution is 0.0557. The van der Waals surface area contributed by atoms with Crippen LogP contribution in [0.2, 0.25) is 0 Å². The standard InChI is InChI=1S/C26H54O/c1-4-6-8-10-12-13-14-15-16-17-18-19-20-22-24-26(3)27-25-23-21-11-9-7-5-2/h26H,4-25H2,1-3H3. The van der Waals surface area contributed by atoms with Gasteiger partial charge >= 0.3 is 0 Å². The molecule has 0 N–H and O–H groups in total. The highest BCUT2D eigenvalue weighted by Gasteiger charge is 2.02. The first-order valence-corrected chi connectivity index (χ1v) is 12.9. The van der Waals surface area contributed by atoms with Crippen LogP contribution in [0.15, 0.2) is 0 Å². The predicted molar refractivity (Wildman–Crippen MR) is 124 cm³/mol. The summed E-state index contributed by atoms with van der Waals surface area (Å²) in [7, 11) is 0. The van der Waals surface area contributed by atoms with Crippen LogP contribution in [-0.4, -0.2) is 12.7 Å². The van der Waals surface area contributed by atoms with Crippen LogP contribution in [0, 0.1) is 0 Å². The molecule has 164 valence electrons. The highest BCUT2D eigenvalue weighted by atomic mass is 16.5. The van der Waals surface area contributed by atoms with Gasteiger partial charge < -0.3 is 4.74 Å². The Labute approximate surface area is 173 Å². The van der Waals surface area contributed by atoms with Crippen LogP contribution in [0.5, 0.6) is 0 Å². The third-order valence-electron chi connectivity index (χ3n) is 5.86. The van der Waals surface area contributed by atoms with Gasteiger partial charge in [0.25, 0.3) is 0 Å². The lowest BCUT2D eigenvalue weighted by atomic mass is 10.0. The summed E-state index contributed by atoms with van der Waals surface area (Å²) in [5, 5.41) is 0. The van der Waals surface area contributed by atoms with E-state index in [4.69, 9.17) is 4.74 Å². The zero-order valence-electron chi connectivity index (χ0n) is 19.5. The van der Waals surface area contributed by atoms with Crippen LogP contribution >= 0.6 is 0 Å². The Hall–Kier alpha value is -0.0400. The van der Waals surface area contributed by atoms with E-state index in [9.17, 15) is 0 Å². The minimum atomic E-state index is 0.470. The molecule has 0 aliphatic carbocycles. The van der Waals surface area contributed by atoms with Gasteiger partial charge in [0, 0.05) is 6.61 Å². The predicted octanol–water partition coefficient (Wildman–Crippen LogP) is 9.62. The molecule has 1 heteroatoms. The molecule has 0 fully saturated rings. The fourth-order valence-electron chi connectivity index (χ4n) is 3.88. The molecular weight excluding hydrogens is 328 g/mol. The van der Waals surface area contributed by atoms with Crippen LogP contribution in [-0.2, 0) is 4.74 Å². The summed E-state index contributed by atoms with van der Waals surface area (Å²) < 4.78 is 5.96.